The molecule has 2 aromatic rings. The number of carbonyl (C=O) groups excluding carboxylic acids is 1. The molecule has 2 rings (SSSR count). The van der Waals surface area contributed by atoms with E-state index >= 15 is 0 Å². The van der Waals surface area contributed by atoms with Crippen molar-refractivity contribution in [2.24, 2.45) is 0 Å². The van der Waals surface area contributed by atoms with Gasteiger partial charge in [-0.3, -0.25) is 4.79 Å². The molecule has 1 atom stereocenters. The Kier molecular flexibility index (Phi) is 6.35. The Bertz CT molecular complexity index is 975. The number of halogens is 3. The van der Waals surface area contributed by atoms with Gasteiger partial charge in [0, 0.05) is 5.69 Å². The summed E-state index contributed by atoms with van der Waals surface area (Å²) in [5, 5.41) is 2.27. The number of amides is 1. The van der Waals surface area contributed by atoms with E-state index in [1.54, 1.807) is 13.0 Å². The zero-order chi connectivity index (χ0) is 21.1. The monoisotopic (exact) mass is 416 g/mol. The number of methoxy groups -OCH3 is 1. The highest BCUT2D eigenvalue weighted by molar-refractivity contribution is 7.89. The molecule has 0 aliphatic carbocycles. The van der Waals surface area contributed by atoms with Gasteiger partial charge in [-0.05, 0) is 49.7 Å². The number of carbonyl (C=O) groups is 1. The lowest BCUT2D eigenvalue weighted by Crippen LogP contribution is -2.41. The van der Waals surface area contributed by atoms with Gasteiger partial charge in [0.1, 0.15) is 10.6 Å². The van der Waals surface area contributed by atoms with Crippen molar-refractivity contribution in [2.75, 3.05) is 12.4 Å². The number of benzene rings is 2. The van der Waals surface area contributed by atoms with Crippen molar-refractivity contribution >= 4 is 21.6 Å². The second-order valence-electron chi connectivity index (χ2n) is 6.07. The molecule has 0 aliphatic rings. The lowest BCUT2D eigenvalue weighted by atomic mass is 10.2. The molecule has 0 unspecified atom stereocenters. The molecule has 2 N–H and O–H groups in total. The molecular formula is C18H19F3N2O4S. The van der Waals surface area contributed by atoms with Crippen molar-refractivity contribution in [3.63, 3.8) is 0 Å². The van der Waals surface area contributed by atoms with E-state index in [4.69, 9.17) is 4.74 Å². The van der Waals surface area contributed by atoms with Crippen molar-refractivity contribution in [1.29, 1.82) is 0 Å². The van der Waals surface area contributed by atoms with Crippen molar-refractivity contribution in [3.8, 4) is 5.75 Å². The van der Waals surface area contributed by atoms with Gasteiger partial charge in [0.15, 0.2) is 0 Å². The van der Waals surface area contributed by atoms with Gasteiger partial charge in [-0.25, -0.2) is 8.42 Å². The van der Waals surface area contributed by atoms with Gasteiger partial charge in [0.05, 0.1) is 18.7 Å². The predicted molar refractivity (Wildman–Crippen MR) is 97.6 cm³/mol. The first-order valence-corrected chi connectivity index (χ1v) is 9.57. The summed E-state index contributed by atoms with van der Waals surface area (Å²) >= 11 is 0. The van der Waals surface area contributed by atoms with Crippen LogP contribution in [0.25, 0.3) is 0 Å². The van der Waals surface area contributed by atoms with Gasteiger partial charge in [-0.2, -0.15) is 17.9 Å². The van der Waals surface area contributed by atoms with Crippen molar-refractivity contribution in [3.05, 3.63) is 53.6 Å². The van der Waals surface area contributed by atoms with E-state index in [0.717, 1.165) is 18.2 Å². The predicted octanol–water partition coefficient (Wildman–Crippen LogP) is 3.33. The highest BCUT2D eigenvalue weighted by atomic mass is 32.2. The smallest absolute Gasteiger partial charge is 0.416 e. The van der Waals surface area contributed by atoms with E-state index in [9.17, 15) is 26.4 Å². The average molecular weight is 416 g/mol. The van der Waals surface area contributed by atoms with Gasteiger partial charge in [0.25, 0.3) is 0 Å². The van der Waals surface area contributed by atoms with Crippen LogP contribution >= 0.6 is 0 Å². The number of aryl methyl sites for hydroxylation is 1. The average Bonchev–Trinajstić information content (AvgIpc) is 2.60. The van der Waals surface area contributed by atoms with E-state index in [1.165, 1.54) is 32.2 Å². The van der Waals surface area contributed by atoms with Crippen molar-refractivity contribution in [1.82, 2.24) is 4.72 Å². The number of hydrogen-bond donors (Lipinski definition) is 2. The zero-order valence-corrected chi connectivity index (χ0v) is 16.1. The second kappa shape index (κ2) is 8.19. The number of nitrogens with one attached hydrogen (secondary N) is 2. The maximum absolute atomic E-state index is 12.8. The highest BCUT2D eigenvalue weighted by Gasteiger charge is 2.31. The molecule has 0 bridgehead atoms. The fourth-order valence-corrected chi connectivity index (χ4v) is 3.82. The third-order valence-corrected chi connectivity index (χ3v) is 5.35. The Morgan fingerprint density at radius 2 is 1.82 bits per heavy atom. The number of hydrogen-bond acceptors (Lipinski definition) is 4. The molecule has 0 saturated carbocycles. The van der Waals surface area contributed by atoms with E-state index in [1.807, 2.05) is 0 Å². The summed E-state index contributed by atoms with van der Waals surface area (Å²) in [6.45, 7) is 2.98. The van der Waals surface area contributed by atoms with Crippen molar-refractivity contribution < 1.29 is 31.1 Å². The SMILES string of the molecule is COc1ccc(C)cc1S(=O)(=O)N[C@H](C)C(=O)Nc1cccc(C(F)(F)F)c1. The number of alkyl halides is 3. The van der Waals surface area contributed by atoms with Crippen LogP contribution in [0.2, 0.25) is 0 Å². The number of ether oxygens (including phenoxy) is 1. The Balaban J connectivity index is 2.17. The summed E-state index contributed by atoms with van der Waals surface area (Å²) in [4.78, 5) is 12.1. The maximum Gasteiger partial charge on any atom is 0.416 e. The summed E-state index contributed by atoms with van der Waals surface area (Å²) in [7, 11) is -2.80. The zero-order valence-electron chi connectivity index (χ0n) is 15.3. The first kappa shape index (κ1) is 21.7. The minimum absolute atomic E-state index is 0.0981. The van der Waals surface area contributed by atoms with Crippen LogP contribution < -0.4 is 14.8 Å². The molecule has 1 amide bonds. The Hall–Kier alpha value is -2.59. The van der Waals surface area contributed by atoms with Gasteiger partial charge in [-0.15, -0.1) is 0 Å². The lowest BCUT2D eigenvalue weighted by Gasteiger charge is -2.17. The maximum atomic E-state index is 12.8. The lowest BCUT2D eigenvalue weighted by molar-refractivity contribution is -0.137. The molecule has 0 saturated heterocycles. The molecule has 0 aliphatic heterocycles. The van der Waals surface area contributed by atoms with Crippen LogP contribution in [0.5, 0.6) is 5.75 Å². The summed E-state index contributed by atoms with van der Waals surface area (Å²) in [5.41, 5.74) is -0.357. The van der Waals surface area contributed by atoms with Crippen LogP contribution in [0.1, 0.15) is 18.1 Å². The molecule has 0 radical (unpaired) electrons. The van der Waals surface area contributed by atoms with E-state index in [2.05, 4.69) is 10.0 Å². The molecule has 10 heteroatoms. The summed E-state index contributed by atoms with van der Waals surface area (Å²) in [6, 6.07) is 7.35. The third kappa shape index (κ3) is 5.23. The van der Waals surface area contributed by atoms with Crippen LogP contribution in [0.3, 0.4) is 0 Å². The first-order valence-electron chi connectivity index (χ1n) is 8.09. The Labute approximate surface area is 160 Å². The molecule has 0 heterocycles. The molecule has 152 valence electrons. The Morgan fingerprint density at radius 3 is 2.43 bits per heavy atom. The van der Waals surface area contributed by atoms with Crippen LogP contribution in [-0.2, 0) is 21.0 Å². The molecule has 0 aromatic heterocycles. The summed E-state index contributed by atoms with van der Waals surface area (Å²) < 4.78 is 70.7. The fraction of sp³-hybridized carbons (Fsp3) is 0.278. The normalized spacial score (nSPS) is 13.1. The quantitative estimate of drug-likeness (QED) is 0.757. The minimum atomic E-state index is -4.56. The van der Waals surface area contributed by atoms with Crippen LogP contribution in [0, 0.1) is 6.92 Å². The van der Waals surface area contributed by atoms with Crippen LogP contribution in [0.15, 0.2) is 47.4 Å². The van der Waals surface area contributed by atoms with Crippen LogP contribution in [-0.4, -0.2) is 27.5 Å². The highest BCUT2D eigenvalue weighted by Crippen LogP contribution is 2.30. The molecule has 0 spiro atoms. The standard InChI is InChI=1S/C18H19F3N2O4S/c1-11-7-8-15(27-3)16(9-11)28(25,26)23-12(2)17(24)22-14-6-4-5-13(10-14)18(19,20)21/h4-10,12,23H,1-3H3,(H,22,24)/t12-/m1/s1. The topological polar surface area (TPSA) is 84.5 Å². The molecule has 28 heavy (non-hydrogen) atoms. The van der Waals surface area contributed by atoms with Crippen molar-refractivity contribution in [2.45, 2.75) is 31.0 Å². The third-order valence-electron chi connectivity index (χ3n) is 3.79. The first-order chi connectivity index (χ1) is 12.9. The number of anilines is 1. The largest absolute Gasteiger partial charge is 0.495 e. The van der Waals surface area contributed by atoms with Gasteiger partial charge < -0.3 is 10.1 Å². The molecule has 2 aromatic carbocycles. The van der Waals surface area contributed by atoms with Gasteiger partial charge in [0.2, 0.25) is 15.9 Å². The fourth-order valence-electron chi connectivity index (χ4n) is 2.37. The minimum Gasteiger partial charge on any atom is -0.495 e. The second-order valence-corrected chi connectivity index (χ2v) is 7.75. The van der Waals surface area contributed by atoms with E-state index in [0.29, 0.717) is 5.56 Å². The number of sulfonamides is 1. The van der Waals surface area contributed by atoms with Gasteiger partial charge in [-0.1, -0.05) is 12.1 Å². The van der Waals surface area contributed by atoms with Crippen LogP contribution in [0.4, 0.5) is 18.9 Å². The van der Waals surface area contributed by atoms with Gasteiger partial charge >= 0.3 is 6.18 Å². The molecular weight excluding hydrogens is 397 g/mol. The summed E-state index contributed by atoms with van der Waals surface area (Å²) in [6.07, 6.45) is -4.56. The number of rotatable bonds is 6. The Morgan fingerprint density at radius 1 is 1.14 bits per heavy atom. The molecule has 0 fully saturated rings. The van der Waals surface area contributed by atoms with E-state index < -0.39 is 33.7 Å². The summed E-state index contributed by atoms with van der Waals surface area (Å²) in [5.74, 6) is -0.710. The molecule has 6 nitrogen and oxygen atoms in total. The van der Waals surface area contributed by atoms with E-state index in [-0.39, 0.29) is 16.3 Å².